The van der Waals surface area contributed by atoms with Crippen molar-refractivity contribution >= 4 is 19.7 Å². The van der Waals surface area contributed by atoms with Crippen LogP contribution in [0.4, 0.5) is 0 Å². The fraction of sp³-hybridized carbons (Fsp3) is 1.00. The van der Waals surface area contributed by atoms with Crippen molar-refractivity contribution in [3.05, 3.63) is 0 Å². The Morgan fingerprint density at radius 1 is 0.545 bits per heavy atom. The predicted molar refractivity (Wildman–Crippen MR) is 90.6 cm³/mol. The van der Waals surface area contributed by atoms with Gasteiger partial charge in [-0.2, -0.15) is 0 Å². The van der Waals surface area contributed by atoms with Crippen molar-refractivity contribution in [1.29, 1.82) is 0 Å². The summed E-state index contributed by atoms with van der Waals surface area (Å²) in [7, 11) is -6.04. The molecule has 0 heterocycles. The van der Waals surface area contributed by atoms with Gasteiger partial charge >= 0.3 is 0 Å². The first-order valence-electron chi connectivity index (χ1n) is 8.85. The van der Waals surface area contributed by atoms with Gasteiger partial charge in [-0.05, 0) is 38.5 Å². The van der Waals surface area contributed by atoms with Crippen molar-refractivity contribution in [3.8, 4) is 0 Å². The average molecular weight is 351 g/mol. The molecular formula is C16H30O4S2. The van der Waals surface area contributed by atoms with Gasteiger partial charge in [-0.15, -0.1) is 0 Å². The van der Waals surface area contributed by atoms with Crippen molar-refractivity contribution in [3.63, 3.8) is 0 Å². The largest absolute Gasteiger partial charge is 0.229 e. The lowest BCUT2D eigenvalue weighted by molar-refractivity contribution is 0.480. The summed E-state index contributed by atoms with van der Waals surface area (Å²) in [5.74, 6) is 0.329. The van der Waals surface area contributed by atoms with Crippen LogP contribution in [-0.2, 0) is 19.7 Å². The smallest absolute Gasteiger partial charge is 0.153 e. The molecule has 2 rings (SSSR count). The zero-order valence-electron chi connectivity index (χ0n) is 13.5. The van der Waals surface area contributed by atoms with Gasteiger partial charge in [0.25, 0.3) is 0 Å². The molecule has 0 spiro atoms. The summed E-state index contributed by atoms with van der Waals surface area (Å²) in [6.07, 6.45) is 10.5. The van der Waals surface area contributed by atoms with Gasteiger partial charge in [0.2, 0.25) is 0 Å². The van der Waals surface area contributed by atoms with E-state index in [0.29, 0.717) is 12.8 Å². The highest BCUT2D eigenvalue weighted by atomic mass is 32.2. The summed E-state index contributed by atoms with van der Waals surface area (Å²) in [5, 5.41) is -0.340. The molecule has 2 aliphatic carbocycles. The second-order valence-electron chi connectivity index (χ2n) is 6.96. The lowest BCUT2D eigenvalue weighted by atomic mass is 10.0. The van der Waals surface area contributed by atoms with E-state index in [9.17, 15) is 16.8 Å². The Balaban J connectivity index is 1.73. The zero-order chi connectivity index (χ0) is 16.1. The molecule has 0 N–H and O–H groups in total. The van der Waals surface area contributed by atoms with Gasteiger partial charge in [0, 0.05) is 0 Å². The quantitative estimate of drug-likeness (QED) is 0.661. The van der Waals surface area contributed by atoms with Gasteiger partial charge in [0.05, 0.1) is 22.0 Å². The first kappa shape index (κ1) is 18.2. The van der Waals surface area contributed by atoms with Gasteiger partial charge in [-0.25, -0.2) is 16.8 Å². The molecule has 22 heavy (non-hydrogen) atoms. The molecule has 2 saturated carbocycles. The maximum Gasteiger partial charge on any atom is 0.153 e. The topological polar surface area (TPSA) is 68.3 Å². The van der Waals surface area contributed by atoms with E-state index in [1.807, 2.05) is 0 Å². The Bertz CT molecular complexity index is 474. The number of unbranched alkanes of at least 4 members (excludes halogenated alkanes) is 1. The third-order valence-electron chi connectivity index (χ3n) is 5.23. The van der Waals surface area contributed by atoms with Crippen LogP contribution in [0.1, 0.15) is 77.0 Å². The van der Waals surface area contributed by atoms with E-state index in [-0.39, 0.29) is 22.0 Å². The van der Waals surface area contributed by atoms with Crippen LogP contribution in [0.15, 0.2) is 0 Å². The first-order chi connectivity index (χ1) is 10.4. The molecule has 2 fully saturated rings. The standard InChI is InChI=1S/C16H30O4S2/c17-21(18,15-9-3-1-4-10-15)13-7-8-14-22(19,20)16-11-5-2-6-12-16/h15-16H,1-14H2. The molecule has 0 saturated heterocycles. The molecule has 0 aliphatic heterocycles. The maximum absolute atomic E-state index is 12.3. The summed E-state index contributed by atoms with van der Waals surface area (Å²) in [6.45, 7) is 0. The second-order valence-corrected chi connectivity index (χ2v) is 11.8. The average Bonchev–Trinajstić information content (AvgIpc) is 2.53. The molecule has 130 valence electrons. The number of hydrogen-bond acceptors (Lipinski definition) is 4. The van der Waals surface area contributed by atoms with Gasteiger partial charge in [0.15, 0.2) is 19.7 Å². The number of rotatable bonds is 7. The van der Waals surface area contributed by atoms with Crippen molar-refractivity contribution in [2.24, 2.45) is 0 Å². The highest BCUT2D eigenvalue weighted by Crippen LogP contribution is 2.26. The first-order valence-corrected chi connectivity index (χ1v) is 12.3. The van der Waals surface area contributed by atoms with E-state index in [4.69, 9.17) is 0 Å². The minimum Gasteiger partial charge on any atom is -0.229 e. The van der Waals surface area contributed by atoms with Crippen LogP contribution < -0.4 is 0 Å². The van der Waals surface area contributed by atoms with Crippen molar-refractivity contribution in [1.82, 2.24) is 0 Å². The van der Waals surface area contributed by atoms with Crippen LogP contribution >= 0.6 is 0 Å². The molecule has 0 radical (unpaired) electrons. The van der Waals surface area contributed by atoms with E-state index in [1.165, 1.54) is 0 Å². The third kappa shape index (κ3) is 5.22. The highest BCUT2D eigenvalue weighted by molar-refractivity contribution is 7.92. The number of sulfone groups is 2. The van der Waals surface area contributed by atoms with Gasteiger partial charge in [-0.3, -0.25) is 0 Å². The Morgan fingerprint density at radius 3 is 1.18 bits per heavy atom. The lowest BCUT2D eigenvalue weighted by Crippen LogP contribution is -2.28. The van der Waals surface area contributed by atoms with Gasteiger partial charge in [0.1, 0.15) is 0 Å². The molecule has 0 unspecified atom stereocenters. The summed E-state index contributed by atoms with van der Waals surface area (Å²) in [5.41, 5.74) is 0. The van der Waals surface area contributed by atoms with Crippen LogP contribution in [-0.4, -0.2) is 38.8 Å². The Labute approximate surface area is 135 Å². The Hall–Kier alpha value is -0.100. The second kappa shape index (κ2) is 8.13. The van der Waals surface area contributed by atoms with Crippen LogP contribution in [0.25, 0.3) is 0 Å². The molecule has 2 aliphatic rings. The van der Waals surface area contributed by atoms with E-state index >= 15 is 0 Å². The van der Waals surface area contributed by atoms with Crippen LogP contribution in [0.5, 0.6) is 0 Å². The fourth-order valence-corrected chi connectivity index (χ4v) is 7.77. The molecular weight excluding hydrogens is 320 g/mol. The molecule has 0 aromatic rings. The summed E-state index contributed by atoms with van der Waals surface area (Å²) < 4.78 is 49.0. The van der Waals surface area contributed by atoms with Gasteiger partial charge < -0.3 is 0 Å². The monoisotopic (exact) mass is 350 g/mol. The summed E-state index contributed by atoms with van der Waals surface area (Å²) in [6, 6.07) is 0. The molecule has 0 amide bonds. The Morgan fingerprint density at radius 2 is 0.864 bits per heavy atom. The highest BCUT2D eigenvalue weighted by Gasteiger charge is 2.28. The zero-order valence-corrected chi connectivity index (χ0v) is 15.1. The number of hydrogen-bond donors (Lipinski definition) is 0. The molecule has 0 aromatic heterocycles. The molecule has 4 nitrogen and oxygen atoms in total. The van der Waals surface area contributed by atoms with Crippen LogP contribution in [0.3, 0.4) is 0 Å². The summed E-state index contributed by atoms with van der Waals surface area (Å²) >= 11 is 0. The minimum absolute atomic E-state index is 0.165. The van der Waals surface area contributed by atoms with E-state index in [2.05, 4.69) is 0 Å². The van der Waals surface area contributed by atoms with Crippen LogP contribution in [0, 0.1) is 0 Å². The van der Waals surface area contributed by atoms with Crippen LogP contribution in [0.2, 0.25) is 0 Å². The maximum atomic E-state index is 12.3. The molecule has 0 bridgehead atoms. The minimum atomic E-state index is -3.02. The van der Waals surface area contributed by atoms with E-state index in [1.54, 1.807) is 0 Å². The van der Waals surface area contributed by atoms with Crippen molar-refractivity contribution < 1.29 is 16.8 Å². The predicted octanol–water partition coefficient (Wildman–Crippen LogP) is 3.26. The third-order valence-corrected chi connectivity index (χ3v) is 9.92. The van der Waals surface area contributed by atoms with E-state index in [0.717, 1.165) is 64.2 Å². The normalized spacial score (nSPS) is 22.7. The molecule has 6 heteroatoms. The summed E-state index contributed by atoms with van der Waals surface area (Å²) in [4.78, 5) is 0. The van der Waals surface area contributed by atoms with Crippen molar-refractivity contribution in [2.75, 3.05) is 11.5 Å². The van der Waals surface area contributed by atoms with Gasteiger partial charge in [-0.1, -0.05) is 38.5 Å². The molecule has 0 aromatic carbocycles. The lowest BCUT2D eigenvalue weighted by Gasteiger charge is -2.22. The van der Waals surface area contributed by atoms with E-state index < -0.39 is 19.7 Å². The SMILES string of the molecule is O=S(=O)(CCCCS(=O)(=O)C1CCCCC1)C1CCCCC1. The molecule has 0 atom stereocenters. The Kier molecular flexibility index (Phi) is 6.74. The van der Waals surface area contributed by atoms with Crippen molar-refractivity contribution in [2.45, 2.75) is 87.5 Å². The fourth-order valence-electron chi connectivity index (χ4n) is 3.79.